The van der Waals surface area contributed by atoms with Crippen molar-refractivity contribution < 1.29 is 13.5 Å². The van der Waals surface area contributed by atoms with E-state index in [1.54, 1.807) is 42.6 Å². The summed E-state index contributed by atoms with van der Waals surface area (Å²) in [6.07, 6.45) is 1.60. The van der Waals surface area contributed by atoms with Crippen LogP contribution in [-0.4, -0.2) is 26.0 Å². The van der Waals surface area contributed by atoms with Gasteiger partial charge in [-0.25, -0.2) is 9.48 Å². The molecule has 0 saturated carbocycles. The van der Waals surface area contributed by atoms with Crippen LogP contribution in [0.5, 0.6) is 5.75 Å². The Bertz CT molecular complexity index is 1570. The second-order valence-electron chi connectivity index (χ2n) is 7.65. The first-order valence-corrected chi connectivity index (χ1v) is 11.2. The van der Waals surface area contributed by atoms with E-state index >= 15 is 0 Å². The number of aromatic nitrogens is 4. The number of nitrogens with zero attached hydrogens (tertiary/aromatic N) is 4. The standard InChI is InChI=1S/C25H16Cl2F2N4O2/c26-18-8-4-16(5-9-18)21-13-30-33-23(22(21)17-6-10-19(27)11-7-17)31-32(25(33)34)14-15-2-1-3-20(12-15)35-24(28)29/h1-13,24H,14H2. The van der Waals surface area contributed by atoms with Gasteiger partial charge >= 0.3 is 12.3 Å². The quantitative estimate of drug-likeness (QED) is 0.272. The van der Waals surface area contributed by atoms with Crippen molar-refractivity contribution in [3.05, 3.63) is 105 Å². The van der Waals surface area contributed by atoms with Gasteiger partial charge in [0, 0.05) is 21.2 Å². The first kappa shape index (κ1) is 23.0. The number of hydrogen-bond donors (Lipinski definition) is 0. The first-order chi connectivity index (χ1) is 16.9. The van der Waals surface area contributed by atoms with Crippen molar-refractivity contribution in [2.45, 2.75) is 13.2 Å². The fourth-order valence-corrected chi connectivity index (χ4v) is 4.06. The van der Waals surface area contributed by atoms with Gasteiger partial charge in [-0.05, 0) is 53.1 Å². The third-order valence-corrected chi connectivity index (χ3v) is 5.86. The van der Waals surface area contributed by atoms with Crippen LogP contribution in [0.1, 0.15) is 5.56 Å². The molecule has 176 valence electrons. The van der Waals surface area contributed by atoms with Gasteiger partial charge in [-0.1, -0.05) is 59.6 Å². The molecule has 0 fully saturated rings. The summed E-state index contributed by atoms with van der Waals surface area (Å²) >= 11 is 12.2. The van der Waals surface area contributed by atoms with E-state index in [0.29, 0.717) is 26.8 Å². The molecular weight excluding hydrogens is 497 g/mol. The summed E-state index contributed by atoms with van der Waals surface area (Å²) in [6.45, 7) is -2.90. The molecule has 6 nitrogen and oxygen atoms in total. The molecule has 5 aromatic rings. The highest BCUT2D eigenvalue weighted by atomic mass is 35.5. The predicted molar refractivity (Wildman–Crippen MR) is 130 cm³/mol. The molecule has 0 aliphatic carbocycles. The van der Waals surface area contributed by atoms with Crippen LogP contribution >= 0.6 is 23.2 Å². The lowest BCUT2D eigenvalue weighted by Crippen LogP contribution is -2.23. The molecule has 0 atom stereocenters. The normalized spacial score (nSPS) is 11.3. The first-order valence-electron chi connectivity index (χ1n) is 10.4. The van der Waals surface area contributed by atoms with Crippen LogP contribution < -0.4 is 10.4 Å². The molecule has 2 aromatic heterocycles. The van der Waals surface area contributed by atoms with E-state index in [0.717, 1.165) is 16.7 Å². The number of benzene rings is 3. The van der Waals surface area contributed by atoms with Crippen LogP contribution in [0.3, 0.4) is 0 Å². The van der Waals surface area contributed by atoms with Crippen molar-refractivity contribution in [2.24, 2.45) is 0 Å². The molecule has 0 saturated heterocycles. The lowest BCUT2D eigenvalue weighted by Gasteiger charge is -2.11. The van der Waals surface area contributed by atoms with Crippen molar-refractivity contribution in [1.29, 1.82) is 0 Å². The second kappa shape index (κ2) is 9.48. The van der Waals surface area contributed by atoms with Crippen LogP contribution in [-0.2, 0) is 6.54 Å². The molecule has 2 heterocycles. The molecule has 0 amide bonds. The van der Waals surface area contributed by atoms with Crippen molar-refractivity contribution >= 4 is 28.8 Å². The molecule has 0 aliphatic rings. The topological polar surface area (TPSA) is 61.4 Å². The monoisotopic (exact) mass is 512 g/mol. The minimum Gasteiger partial charge on any atom is -0.435 e. The molecule has 5 rings (SSSR count). The summed E-state index contributed by atoms with van der Waals surface area (Å²) in [5.41, 5.74) is 3.50. The van der Waals surface area contributed by atoms with Crippen molar-refractivity contribution in [3.8, 4) is 28.0 Å². The Morgan fingerprint density at radius 2 is 1.57 bits per heavy atom. The molecule has 0 N–H and O–H groups in total. The molecule has 3 aromatic carbocycles. The Morgan fingerprint density at radius 1 is 0.914 bits per heavy atom. The molecule has 10 heteroatoms. The Morgan fingerprint density at radius 3 is 2.23 bits per heavy atom. The Hall–Kier alpha value is -3.75. The van der Waals surface area contributed by atoms with E-state index < -0.39 is 12.3 Å². The summed E-state index contributed by atoms with van der Waals surface area (Å²) in [4.78, 5) is 13.1. The van der Waals surface area contributed by atoms with Gasteiger partial charge in [-0.15, -0.1) is 5.10 Å². The Kier molecular flexibility index (Phi) is 6.23. The molecule has 0 aliphatic heterocycles. The second-order valence-corrected chi connectivity index (χ2v) is 8.52. The Labute approximate surface area is 207 Å². The molecule has 0 unspecified atom stereocenters. The maximum Gasteiger partial charge on any atom is 0.387 e. The molecular formula is C25H16Cl2F2N4O2. The average Bonchev–Trinajstić information content (AvgIpc) is 3.15. The SMILES string of the molecule is O=c1n(Cc2cccc(OC(F)F)c2)nc2c(-c3ccc(Cl)cc3)c(-c3ccc(Cl)cc3)cnn12. The number of halogens is 4. The van der Waals surface area contributed by atoms with E-state index in [4.69, 9.17) is 23.2 Å². The van der Waals surface area contributed by atoms with Crippen LogP contribution in [0.4, 0.5) is 8.78 Å². The van der Waals surface area contributed by atoms with Crippen LogP contribution in [0.2, 0.25) is 10.0 Å². The fraction of sp³-hybridized carbons (Fsp3) is 0.0800. The van der Waals surface area contributed by atoms with Crippen molar-refractivity contribution in [1.82, 2.24) is 19.4 Å². The van der Waals surface area contributed by atoms with Gasteiger partial charge in [-0.2, -0.15) is 18.4 Å². The number of fused-ring (bicyclic) bond motifs is 1. The van der Waals surface area contributed by atoms with Crippen LogP contribution in [0.15, 0.2) is 83.8 Å². The Balaban J connectivity index is 1.66. The van der Waals surface area contributed by atoms with Crippen molar-refractivity contribution in [2.75, 3.05) is 0 Å². The lowest BCUT2D eigenvalue weighted by atomic mass is 9.97. The van der Waals surface area contributed by atoms with Gasteiger partial charge in [0.25, 0.3) is 0 Å². The third kappa shape index (κ3) is 4.76. The fourth-order valence-electron chi connectivity index (χ4n) is 3.81. The van der Waals surface area contributed by atoms with Gasteiger partial charge in [-0.3, -0.25) is 0 Å². The lowest BCUT2D eigenvalue weighted by molar-refractivity contribution is -0.0498. The number of hydrogen-bond acceptors (Lipinski definition) is 4. The van der Waals surface area contributed by atoms with E-state index in [-0.39, 0.29) is 12.3 Å². The number of ether oxygens (including phenoxy) is 1. The van der Waals surface area contributed by atoms with Gasteiger partial charge in [0.05, 0.1) is 12.7 Å². The van der Waals surface area contributed by atoms with Gasteiger partial charge in [0.2, 0.25) is 0 Å². The van der Waals surface area contributed by atoms with Crippen molar-refractivity contribution in [3.63, 3.8) is 0 Å². The molecule has 35 heavy (non-hydrogen) atoms. The zero-order valence-electron chi connectivity index (χ0n) is 17.9. The summed E-state index contributed by atoms with van der Waals surface area (Å²) in [6, 6.07) is 20.6. The van der Waals surface area contributed by atoms with E-state index in [2.05, 4.69) is 14.9 Å². The average molecular weight is 513 g/mol. The summed E-state index contributed by atoms with van der Waals surface area (Å²) in [7, 11) is 0. The van der Waals surface area contributed by atoms with Crippen LogP contribution in [0, 0.1) is 0 Å². The molecule has 0 bridgehead atoms. The molecule has 0 spiro atoms. The third-order valence-electron chi connectivity index (χ3n) is 5.36. The van der Waals surface area contributed by atoms with Gasteiger partial charge in [0.15, 0.2) is 5.65 Å². The maximum absolute atomic E-state index is 13.1. The highest BCUT2D eigenvalue weighted by Crippen LogP contribution is 2.35. The predicted octanol–water partition coefficient (Wildman–Crippen LogP) is 6.18. The van der Waals surface area contributed by atoms with Gasteiger partial charge < -0.3 is 4.74 Å². The largest absolute Gasteiger partial charge is 0.435 e. The highest BCUT2D eigenvalue weighted by Gasteiger charge is 2.19. The van der Waals surface area contributed by atoms with E-state index in [9.17, 15) is 13.6 Å². The van der Waals surface area contributed by atoms with Crippen LogP contribution in [0.25, 0.3) is 27.9 Å². The zero-order valence-corrected chi connectivity index (χ0v) is 19.4. The summed E-state index contributed by atoms with van der Waals surface area (Å²) in [5, 5.41) is 10.1. The maximum atomic E-state index is 13.1. The summed E-state index contributed by atoms with van der Waals surface area (Å²) < 4.78 is 32.1. The van der Waals surface area contributed by atoms with E-state index in [1.807, 2.05) is 24.3 Å². The minimum atomic E-state index is -2.94. The van der Waals surface area contributed by atoms with Gasteiger partial charge in [0.1, 0.15) is 5.75 Å². The molecule has 0 radical (unpaired) electrons. The summed E-state index contributed by atoms with van der Waals surface area (Å²) in [5.74, 6) is -0.000633. The van der Waals surface area contributed by atoms with E-state index in [1.165, 1.54) is 21.3 Å². The smallest absolute Gasteiger partial charge is 0.387 e. The minimum absolute atomic E-state index is 0.000633. The highest BCUT2D eigenvalue weighted by molar-refractivity contribution is 6.31. The zero-order chi connectivity index (χ0) is 24.5. The number of rotatable bonds is 6. The number of alkyl halides is 2.